The predicted octanol–water partition coefficient (Wildman–Crippen LogP) is -8.69. The third-order valence-corrected chi connectivity index (χ3v) is 0.447. The zero-order valence-electron chi connectivity index (χ0n) is 7.94. The molecule has 8 heteroatoms. The van der Waals surface area contributed by atoms with Crippen LogP contribution in [0.1, 0.15) is 12.8 Å². The van der Waals surface area contributed by atoms with Crippen LogP contribution in [0.2, 0.25) is 0 Å². The summed E-state index contributed by atoms with van der Waals surface area (Å²) >= 11 is 0. The monoisotopic (exact) mass is 246 g/mol. The van der Waals surface area contributed by atoms with Gasteiger partial charge in [-0.2, -0.15) is 10.5 Å². The Morgan fingerprint density at radius 3 is 1.14 bits per heavy atom. The average Bonchev–Trinajstić information content (AvgIpc) is 1.87. The number of nitriles is 2. The van der Waals surface area contributed by atoms with Gasteiger partial charge in [-0.1, -0.05) is 0 Å². The van der Waals surface area contributed by atoms with Crippen molar-refractivity contribution in [3.8, 4) is 12.1 Å². The van der Waals surface area contributed by atoms with E-state index in [9.17, 15) is 19.8 Å². The smallest absolute Gasteiger partial charge is 0.549 e. The number of rotatable bonds is 2. The first kappa shape index (κ1) is 24.4. The first-order chi connectivity index (χ1) is 5.54. The van der Waals surface area contributed by atoms with Crippen LogP contribution in [0, 0.1) is 22.7 Å². The summed E-state index contributed by atoms with van der Waals surface area (Å²) in [5.74, 6) is -2.64. The van der Waals surface area contributed by atoms with Crippen LogP contribution in [0.5, 0.6) is 0 Å². The van der Waals surface area contributed by atoms with Crippen LogP contribution in [0.25, 0.3) is 0 Å². The third kappa shape index (κ3) is 37.9. The van der Waals surface area contributed by atoms with Gasteiger partial charge in [0, 0.05) is 0 Å². The van der Waals surface area contributed by atoms with Gasteiger partial charge < -0.3 is 19.8 Å². The second-order valence-corrected chi connectivity index (χ2v) is 1.41. The average molecular weight is 246 g/mol. The standard InChI is InChI=1S/2C3H3NO2.2K/c2*4-2-1-3(5)6;;/h2*1H2,(H,5,6);;/q;;2*+1/p-2. The maximum atomic E-state index is 9.27. The summed E-state index contributed by atoms with van der Waals surface area (Å²) in [6.45, 7) is 0. The molecule has 0 N–H and O–H groups in total. The largest absolute Gasteiger partial charge is 1.00 e. The van der Waals surface area contributed by atoms with E-state index >= 15 is 0 Å². The van der Waals surface area contributed by atoms with Crippen LogP contribution in [0.4, 0.5) is 0 Å². The van der Waals surface area contributed by atoms with E-state index < -0.39 is 24.8 Å². The van der Waals surface area contributed by atoms with E-state index in [4.69, 9.17) is 10.5 Å². The number of carboxylic acid groups (broad SMARTS) is 2. The molecule has 14 heavy (non-hydrogen) atoms. The molecule has 0 aromatic heterocycles. The van der Waals surface area contributed by atoms with Gasteiger partial charge in [0.1, 0.15) is 0 Å². The van der Waals surface area contributed by atoms with E-state index in [-0.39, 0.29) is 103 Å². The molecule has 0 radical (unpaired) electrons. The van der Waals surface area contributed by atoms with Crippen molar-refractivity contribution in [2.45, 2.75) is 12.8 Å². The first-order valence-corrected chi connectivity index (χ1v) is 2.68. The molecule has 0 spiro atoms. The molecule has 0 fully saturated rings. The molecular weight excluding hydrogens is 242 g/mol. The van der Waals surface area contributed by atoms with E-state index in [0.717, 1.165) is 0 Å². The van der Waals surface area contributed by atoms with Gasteiger partial charge >= 0.3 is 103 Å². The number of hydrogen-bond donors (Lipinski definition) is 0. The summed E-state index contributed by atoms with van der Waals surface area (Å²) in [7, 11) is 0. The van der Waals surface area contributed by atoms with Crippen LogP contribution in [0.15, 0.2) is 0 Å². The summed E-state index contributed by atoms with van der Waals surface area (Å²) in [6.07, 6.45) is -1.03. The van der Waals surface area contributed by atoms with E-state index in [1.54, 1.807) is 0 Å². The van der Waals surface area contributed by atoms with E-state index in [1.165, 1.54) is 12.1 Å². The summed E-state index contributed by atoms with van der Waals surface area (Å²) < 4.78 is 0. The molecule has 0 saturated heterocycles. The Morgan fingerprint density at radius 1 is 0.929 bits per heavy atom. The molecule has 0 unspecified atom stereocenters. The predicted molar refractivity (Wildman–Crippen MR) is 30.5 cm³/mol. The maximum Gasteiger partial charge on any atom is 1.00 e. The van der Waals surface area contributed by atoms with Gasteiger partial charge in [0.25, 0.3) is 0 Å². The second kappa shape index (κ2) is 19.7. The molecule has 64 valence electrons. The Balaban J connectivity index is -0.0000000625. The van der Waals surface area contributed by atoms with Crippen molar-refractivity contribution in [1.29, 1.82) is 10.5 Å². The Morgan fingerprint density at radius 2 is 1.14 bits per heavy atom. The summed E-state index contributed by atoms with van der Waals surface area (Å²) in [5, 5.41) is 33.7. The fourth-order valence-electron chi connectivity index (χ4n) is 0.129. The van der Waals surface area contributed by atoms with Crippen molar-refractivity contribution in [3.05, 3.63) is 0 Å². The minimum absolute atomic E-state index is 0. The molecule has 0 saturated carbocycles. The molecule has 0 atom stereocenters. The Kier molecular flexibility index (Phi) is 34.4. The number of hydrogen-bond acceptors (Lipinski definition) is 6. The Labute approximate surface area is 166 Å². The van der Waals surface area contributed by atoms with Crippen molar-refractivity contribution < 1.29 is 123 Å². The van der Waals surface area contributed by atoms with Gasteiger partial charge in [0.15, 0.2) is 0 Å². The fraction of sp³-hybridized carbons (Fsp3) is 0.333. The van der Waals surface area contributed by atoms with E-state index in [2.05, 4.69) is 0 Å². The van der Waals surface area contributed by atoms with Crippen LogP contribution in [-0.2, 0) is 9.59 Å². The quantitative estimate of drug-likeness (QED) is 0.445. The summed E-state index contributed by atoms with van der Waals surface area (Å²) in [6, 6.07) is 2.81. The molecule has 0 amide bonds. The minimum atomic E-state index is -1.32. The van der Waals surface area contributed by atoms with Gasteiger partial charge in [-0.05, 0) is 0 Å². The molecule has 0 rings (SSSR count). The summed E-state index contributed by atoms with van der Waals surface area (Å²) in [5.41, 5.74) is 0. The van der Waals surface area contributed by atoms with Crippen molar-refractivity contribution in [2.24, 2.45) is 0 Å². The number of nitrogens with zero attached hydrogens (tertiary/aromatic N) is 2. The molecular formula is C6H4K2N2O4. The second-order valence-electron chi connectivity index (χ2n) is 1.41. The topological polar surface area (TPSA) is 128 Å². The molecule has 0 aromatic carbocycles. The van der Waals surface area contributed by atoms with E-state index in [0.29, 0.717) is 0 Å². The van der Waals surface area contributed by atoms with Crippen LogP contribution in [-0.4, -0.2) is 11.9 Å². The zero-order valence-corrected chi connectivity index (χ0v) is 14.2. The van der Waals surface area contributed by atoms with Crippen molar-refractivity contribution in [2.75, 3.05) is 0 Å². The number of carboxylic acids is 2. The maximum absolute atomic E-state index is 9.27. The van der Waals surface area contributed by atoms with Gasteiger partial charge in [-0.3, -0.25) is 0 Å². The molecule has 0 bridgehead atoms. The summed E-state index contributed by atoms with van der Waals surface area (Å²) in [4.78, 5) is 18.5. The fourth-order valence-corrected chi connectivity index (χ4v) is 0.129. The number of carbonyl (C=O) groups excluding carboxylic acids is 2. The minimum Gasteiger partial charge on any atom is -0.549 e. The number of aliphatic carboxylic acids is 2. The Hall–Kier alpha value is 1.19. The molecule has 0 aromatic rings. The SMILES string of the molecule is N#CCC(=O)[O-].N#CCC(=O)[O-].[K+].[K+]. The van der Waals surface area contributed by atoms with Crippen LogP contribution >= 0.6 is 0 Å². The van der Waals surface area contributed by atoms with Gasteiger partial charge in [-0.15, -0.1) is 0 Å². The van der Waals surface area contributed by atoms with Crippen molar-refractivity contribution >= 4 is 11.9 Å². The third-order valence-electron chi connectivity index (χ3n) is 0.447. The first-order valence-electron chi connectivity index (χ1n) is 2.68. The van der Waals surface area contributed by atoms with Crippen LogP contribution < -0.4 is 113 Å². The van der Waals surface area contributed by atoms with E-state index in [1.807, 2.05) is 0 Å². The van der Waals surface area contributed by atoms with Gasteiger partial charge in [0.2, 0.25) is 0 Å². The van der Waals surface area contributed by atoms with Crippen LogP contribution in [0.3, 0.4) is 0 Å². The van der Waals surface area contributed by atoms with Gasteiger partial charge in [0.05, 0.1) is 36.9 Å². The zero-order chi connectivity index (χ0) is 9.98. The molecule has 0 aliphatic carbocycles. The normalized spacial score (nSPS) is 5.57. The molecule has 0 aliphatic rings. The van der Waals surface area contributed by atoms with Crippen molar-refractivity contribution in [1.82, 2.24) is 0 Å². The Bertz CT molecular complexity index is 217. The molecule has 6 nitrogen and oxygen atoms in total. The number of carbonyl (C=O) groups is 2. The molecule has 0 aliphatic heterocycles. The van der Waals surface area contributed by atoms with Gasteiger partial charge in [-0.25, -0.2) is 0 Å². The van der Waals surface area contributed by atoms with Crippen molar-refractivity contribution in [3.63, 3.8) is 0 Å². The molecule has 0 heterocycles.